The van der Waals surface area contributed by atoms with Crippen molar-refractivity contribution in [2.45, 2.75) is 32.2 Å². The molecule has 0 radical (unpaired) electrons. The lowest BCUT2D eigenvalue weighted by molar-refractivity contribution is 0.0580. The number of nitrogens with two attached hydrogens (primary N) is 1. The second-order valence-corrected chi connectivity index (χ2v) is 4.22. The molecule has 88 valence electrons. The summed E-state index contributed by atoms with van der Waals surface area (Å²) in [6.07, 6.45) is 4.72. The molecule has 1 atom stereocenters. The number of aryl methyl sites for hydroxylation is 1. The molecule has 1 aromatic rings. The van der Waals surface area contributed by atoms with Gasteiger partial charge in [0.05, 0.1) is 6.20 Å². The van der Waals surface area contributed by atoms with Crippen molar-refractivity contribution in [1.82, 2.24) is 10.1 Å². The second-order valence-electron chi connectivity index (χ2n) is 4.22. The van der Waals surface area contributed by atoms with Gasteiger partial charge in [0, 0.05) is 24.7 Å². The van der Waals surface area contributed by atoms with Gasteiger partial charge in [0.2, 0.25) is 5.76 Å². The van der Waals surface area contributed by atoms with E-state index in [1.54, 1.807) is 6.20 Å². The summed E-state index contributed by atoms with van der Waals surface area (Å²) in [5.41, 5.74) is 6.47. The summed E-state index contributed by atoms with van der Waals surface area (Å²) in [7, 11) is 0. The Morgan fingerprint density at radius 2 is 2.50 bits per heavy atom. The maximum atomic E-state index is 12.2. The molecule has 0 aliphatic carbocycles. The number of hydrogen-bond acceptors (Lipinski definition) is 4. The Bertz CT molecular complexity index is 375. The molecule has 0 saturated carbocycles. The van der Waals surface area contributed by atoms with Gasteiger partial charge >= 0.3 is 0 Å². The third-order valence-corrected chi connectivity index (χ3v) is 3.10. The molecule has 0 spiro atoms. The number of likely N-dealkylation sites (tertiary alicyclic amines) is 1. The van der Waals surface area contributed by atoms with Crippen LogP contribution in [0.25, 0.3) is 0 Å². The van der Waals surface area contributed by atoms with E-state index in [1.807, 2.05) is 11.8 Å². The highest BCUT2D eigenvalue weighted by atomic mass is 16.5. The maximum Gasteiger partial charge on any atom is 0.293 e. The Morgan fingerprint density at radius 3 is 3.12 bits per heavy atom. The van der Waals surface area contributed by atoms with Crippen molar-refractivity contribution in [2.75, 3.05) is 13.1 Å². The second kappa shape index (κ2) is 4.65. The van der Waals surface area contributed by atoms with Crippen molar-refractivity contribution < 1.29 is 9.32 Å². The first kappa shape index (κ1) is 11.1. The van der Waals surface area contributed by atoms with Crippen molar-refractivity contribution in [3.63, 3.8) is 0 Å². The maximum absolute atomic E-state index is 12.2. The summed E-state index contributed by atoms with van der Waals surface area (Å²) >= 11 is 0. The summed E-state index contributed by atoms with van der Waals surface area (Å²) in [5, 5.41) is 3.63. The van der Waals surface area contributed by atoms with Gasteiger partial charge in [-0.3, -0.25) is 4.79 Å². The van der Waals surface area contributed by atoms with Crippen molar-refractivity contribution in [3.05, 3.63) is 17.5 Å². The van der Waals surface area contributed by atoms with Gasteiger partial charge in [-0.05, 0) is 26.2 Å². The van der Waals surface area contributed by atoms with Crippen molar-refractivity contribution in [3.8, 4) is 0 Å². The number of amides is 1. The van der Waals surface area contributed by atoms with E-state index in [4.69, 9.17) is 10.3 Å². The lowest BCUT2D eigenvalue weighted by Crippen LogP contribution is -2.47. The largest absolute Gasteiger partial charge is 0.351 e. The molecule has 2 heterocycles. The van der Waals surface area contributed by atoms with Gasteiger partial charge < -0.3 is 15.2 Å². The zero-order chi connectivity index (χ0) is 11.5. The normalized spacial score (nSPS) is 21.1. The molecule has 1 aliphatic heterocycles. The fourth-order valence-electron chi connectivity index (χ4n) is 2.14. The Balaban J connectivity index is 2.17. The molecule has 1 fully saturated rings. The molecule has 1 amide bonds. The van der Waals surface area contributed by atoms with Gasteiger partial charge in [-0.2, -0.15) is 0 Å². The highest BCUT2D eigenvalue weighted by Crippen LogP contribution is 2.20. The number of aromatic nitrogens is 1. The highest BCUT2D eigenvalue weighted by Gasteiger charge is 2.29. The Labute approximate surface area is 94.6 Å². The minimum Gasteiger partial charge on any atom is -0.351 e. The molecule has 1 saturated heterocycles. The molecular weight excluding hydrogens is 206 g/mol. The van der Waals surface area contributed by atoms with Crippen LogP contribution in [-0.2, 0) is 0 Å². The zero-order valence-corrected chi connectivity index (χ0v) is 9.48. The molecule has 2 rings (SSSR count). The quantitative estimate of drug-likeness (QED) is 0.809. The van der Waals surface area contributed by atoms with E-state index in [0.29, 0.717) is 12.3 Å². The molecular formula is C11H17N3O2. The topological polar surface area (TPSA) is 72.4 Å². The molecule has 0 bridgehead atoms. The summed E-state index contributed by atoms with van der Waals surface area (Å²) in [4.78, 5) is 14.0. The third-order valence-electron chi connectivity index (χ3n) is 3.10. The predicted molar refractivity (Wildman–Crippen MR) is 59.0 cm³/mol. The van der Waals surface area contributed by atoms with Crippen LogP contribution in [0.15, 0.2) is 10.7 Å². The number of carbonyl (C=O) groups is 1. The molecule has 5 heteroatoms. The number of rotatable bonds is 2. The van der Waals surface area contributed by atoms with E-state index >= 15 is 0 Å². The number of hydrogen-bond donors (Lipinski definition) is 1. The van der Waals surface area contributed by atoms with E-state index in [0.717, 1.165) is 31.4 Å². The monoisotopic (exact) mass is 223 g/mol. The third kappa shape index (κ3) is 1.95. The Morgan fingerprint density at radius 1 is 1.69 bits per heavy atom. The average Bonchev–Trinajstić information content (AvgIpc) is 2.74. The molecule has 2 N–H and O–H groups in total. The van der Waals surface area contributed by atoms with Gasteiger partial charge in [0.1, 0.15) is 0 Å². The summed E-state index contributed by atoms with van der Waals surface area (Å²) in [5.74, 6) is 0.269. The molecule has 0 aromatic carbocycles. The molecule has 1 aromatic heterocycles. The van der Waals surface area contributed by atoms with Crippen LogP contribution in [0.3, 0.4) is 0 Å². The van der Waals surface area contributed by atoms with Crippen LogP contribution < -0.4 is 5.73 Å². The van der Waals surface area contributed by atoms with E-state index in [2.05, 4.69) is 5.16 Å². The van der Waals surface area contributed by atoms with Crippen molar-refractivity contribution >= 4 is 5.91 Å². The lowest BCUT2D eigenvalue weighted by atomic mass is 10.0. The minimum atomic E-state index is -0.0786. The van der Waals surface area contributed by atoms with Crippen LogP contribution in [0.5, 0.6) is 0 Å². The minimum absolute atomic E-state index is 0.0786. The highest BCUT2D eigenvalue weighted by molar-refractivity contribution is 5.92. The number of nitrogens with zero attached hydrogens (tertiary/aromatic N) is 2. The summed E-state index contributed by atoms with van der Waals surface area (Å²) in [6.45, 7) is 3.10. The van der Waals surface area contributed by atoms with Crippen molar-refractivity contribution in [1.29, 1.82) is 0 Å². The SMILES string of the molecule is Cc1cnoc1C(=O)N1CCCCC1CN. The Kier molecular flexibility index (Phi) is 3.24. The van der Waals surface area contributed by atoms with E-state index in [9.17, 15) is 4.79 Å². The van der Waals surface area contributed by atoms with E-state index < -0.39 is 0 Å². The first-order valence-corrected chi connectivity index (χ1v) is 5.66. The fraction of sp³-hybridized carbons (Fsp3) is 0.636. The van der Waals surface area contributed by atoms with Gasteiger partial charge in [0.15, 0.2) is 0 Å². The first-order valence-electron chi connectivity index (χ1n) is 5.66. The summed E-state index contributed by atoms with van der Waals surface area (Å²) < 4.78 is 4.99. The fourth-order valence-corrected chi connectivity index (χ4v) is 2.14. The molecule has 5 nitrogen and oxygen atoms in total. The number of carbonyl (C=O) groups excluding carboxylic acids is 1. The molecule has 1 unspecified atom stereocenters. The molecule has 16 heavy (non-hydrogen) atoms. The number of piperidine rings is 1. The van der Waals surface area contributed by atoms with E-state index in [1.165, 1.54) is 0 Å². The molecule has 1 aliphatic rings. The predicted octanol–water partition coefficient (Wildman–Crippen LogP) is 0.936. The van der Waals surface area contributed by atoms with Crippen molar-refractivity contribution in [2.24, 2.45) is 5.73 Å². The van der Waals surface area contributed by atoms with Crippen LogP contribution in [0, 0.1) is 6.92 Å². The van der Waals surface area contributed by atoms with Crippen LogP contribution >= 0.6 is 0 Å². The van der Waals surface area contributed by atoms with Crippen LogP contribution in [0.1, 0.15) is 35.4 Å². The van der Waals surface area contributed by atoms with Crippen LogP contribution in [0.2, 0.25) is 0 Å². The standard InChI is InChI=1S/C11H17N3O2/c1-8-7-13-16-10(8)11(15)14-5-3-2-4-9(14)6-12/h7,9H,2-6,12H2,1H3. The van der Waals surface area contributed by atoms with Crippen LogP contribution in [-0.4, -0.2) is 35.1 Å². The van der Waals surface area contributed by atoms with Gasteiger partial charge in [-0.15, -0.1) is 0 Å². The average molecular weight is 223 g/mol. The summed E-state index contributed by atoms with van der Waals surface area (Å²) in [6, 6.07) is 0.144. The van der Waals surface area contributed by atoms with Gasteiger partial charge in [0.25, 0.3) is 5.91 Å². The smallest absolute Gasteiger partial charge is 0.293 e. The zero-order valence-electron chi connectivity index (χ0n) is 9.48. The van der Waals surface area contributed by atoms with Gasteiger partial charge in [-0.1, -0.05) is 5.16 Å². The van der Waals surface area contributed by atoms with Crippen LogP contribution in [0.4, 0.5) is 0 Å². The van der Waals surface area contributed by atoms with Gasteiger partial charge in [-0.25, -0.2) is 0 Å². The Hall–Kier alpha value is -1.36. The first-order chi connectivity index (χ1) is 7.74. The lowest BCUT2D eigenvalue weighted by Gasteiger charge is -2.34. The van der Waals surface area contributed by atoms with E-state index in [-0.39, 0.29) is 11.9 Å².